The highest BCUT2D eigenvalue weighted by atomic mass is 19.1. The second-order valence-corrected chi connectivity index (χ2v) is 8.25. The summed E-state index contributed by atoms with van der Waals surface area (Å²) in [6.07, 6.45) is 3.52. The second kappa shape index (κ2) is 8.39. The Balaban J connectivity index is 1.49. The molecule has 0 aliphatic carbocycles. The van der Waals surface area contributed by atoms with Gasteiger partial charge < -0.3 is 23.8 Å². The molecule has 31 heavy (non-hydrogen) atoms. The van der Waals surface area contributed by atoms with Gasteiger partial charge in [-0.2, -0.15) is 0 Å². The van der Waals surface area contributed by atoms with Crippen molar-refractivity contribution >= 4 is 5.91 Å². The predicted octanol–water partition coefficient (Wildman–Crippen LogP) is 2.73. The largest absolute Gasteiger partial charge is 0.493 e. The van der Waals surface area contributed by atoms with Gasteiger partial charge in [0.05, 0.1) is 13.7 Å². The topological polar surface area (TPSA) is 83.0 Å². The quantitative estimate of drug-likeness (QED) is 0.695. The number of hydrogen-bond donors (Lipinski definition) is 0. The van der Waals surface area contributed by atoms with Crippen LogP contribution in [0.15, 0.2) is 36.7 Å². The molecule has 1 aromatic heterocycles. The van der Waals surface area contributed by atoms with Crippen molar-refractivity contribution in [1.29, 1.82) is 0 Å². The summed E-state index contributed by atoms with van der Waals surface area (Å²) in [5.74, 6) is 1.17. The predicted molar refractivity (Wildman–Crippen MR) is 109 cm³/mol. The van der Waals surface area contributed by atoms with E-state index >= 15 is 0 Å². The number of benzene rings is 1. The van der Waals surface area contributed by atoms with E-state index in [-0.39, 0.29) is 25.4 Å². The molecule has 0 spiro atoms. The molecule has 0 bridgehead atoms. The van der Waals surface area contributed by atoms with Crippen LogP contribution in [0.25, 0.3) is 0 Å². The van der Waals surface area contributed by atoms with Crippen molar-refractivity contribution in [1.82, 2.24) is 14.9 Å². The third-order valence-corrected chi connectivity index (χ3v) is 5.46. The van der Waals surface area contributed by atoms with E-state index in [2.05, 4.69) is 9.97 Å². The second-order valence-electron chi connectivity index (χ2n) is 8.25. The number of amides is 1. The van der Waals surface area contributed by atoms with E-state index in [1.807, 2.05) is 0 Å². The van der Waals surface area contributed by atoms with Crippen LogP contribution in [0.2, 0.25) is 0 Å². The summed E-state index contributed by atoms with van der Waals surface area (Å²) in [4.78, 5) is 23.6. The zero-order valence-electron chi connectivity index (χ0n) is 17.8. The maximum Gasteiger partial charge on any atom is 0.254 e. The number of carbonyl (C=O) groups excluding carboxylic acids is 1. The minimum absolute atomic E-state index is 0.120. The SMILES string of the molecule is COc1cc(C(=O)N2CC[C@]3(c4ncccn4)OCO[C@@H]3C2)ccc1OCC(C)(C)F. The van der Waals surface area contributed by atoms with Crippen LogP contribution in [0.4, 0.5) is 4.39 Å². The number of fused-ring (bicyclic) bond motifs is 1. The summed E-state index contributed by atoms with van der Waals surface area (Å²) in [5.41, 5.74) is -1.77. The smallest absolute Gasteiger partial charge is 0.254 e. The molecule has 2 aromatic rings. The summed E-state index contributed by atoms with van der Waals surface area (Å²) < 4.78 is 36.3. The zero-order chi connectivity index (χ0) is 22.1. The molecule has 2 aliphatic rings. The van der Waals surface area contributed by atoms with Crippen molar-refractivity contribution in [2.24, 2.45) is 0 Å². The molecule has 4 rings (SSSR count). The summed E-state index contributed by atoms with van der Waals surface area (Å²) >= 11 is 0. The number of piperidine rings is 1. The molecule has 1 amide bonds. The van der Waals surface area contributed by atoms with Gasteiger partial charge in [0, 0.05) is 30.9 Å². The first-order valence-corrected chi connectivity index (χ1v) is 10.1. The molecule has 1 aromatic carbocycles. The van der Waals surface area contributed by atoms with Gasteiger partial charge in [-0.15, -0.1) is 0 Å². The molecule has 8 nitrogen and oxygen atoms in total. The van der Waals surface area contributed by atoms with Crippen LogP contribution in [0.3, 0.4) is 0 Å². The van der Waals surface area contributed by atoms with E-state index in [1.165, 1.54) is 21.0 Å². The van der Waals surface area contributed by atoms with E-state index in [0.29, 0.717) is 42.4 Å². The van der Waals surface area contributed by atoms with Gasteiger partial charge in [0.2, 0.25) is 0 Å². The number of aromatic nitrogens is 2. The van der Waals surface area contributed by atoms with Gasteiger partial charge in [0.25, 0.3) is 5.91 Å². The van der Waals surface area contributed by atoms with Gasteiger partial charge in [-0.3, -0.25) is 4.79 Å². The van der Waals surface area contributed by atoms with Gasteiger partial charge in [-0.25, -0.2) is 14.4 Å². The fourth-order valence-electron chi connectivity index (χ4n) is 3.85. The average Bonchev–Trinajstić information content (AvgIpc) is 3.21. The van der Waals surface area contributed by atoms with Crippen LogP contribution in [0, 0.1) is 0 Å². The van der Waals surface area contributed by atoms with Crippen LogP contribution in [0.5, 0.6) is 11.5 Å². The van der Waals surface area contributed by atoms with E-state index < -0.39 is 11.3 Å². The van der Waals surface area contributed by atoms with Crippen LogP contribution in [-0.2, 0) is 15.1 Å². The lowest BCUT2D eigenvalue weighted by atomic mass is 9.87. The lowest BCUT2D eigenvalue weighted by Crippen LogP contribution is -2.54. The monoisotopic (exact) mass is 431 g/mol. The Hall–Kier alpha value is -2.78. The minimum atomic E-state index is -1.48. The third kappa shape index (κ3) is 4.33. The number of methoxy groups -OCH3 is 1. The van der Waals surface area contributed by atoms with Crippen molar-refractivity contribution in [3.8, 4) is 11.5 Å². The zero-order valence-corrected chi connectivity index (χ0v) is 17.8. The van der Waals surface area contributed by atoms with Crippen LogP contribution >= 0.6 is 0 Å². The molecule has 0 N–H and O–H groups in total. The molecule has 3 heterocycles. The van der Waals surface area contributed by atoms with Gasteiger partial charge in [0.1, 0.15) is 25.2 Å². The average molecular weight is 431 g/mol. The molecule has 0 saturated carbocycles. The number of rotatable bonds is 6. The van der Waals surface area contributed by atoms with Gasteiger partial charge in [-0.05, 0) is 38.1 Å². The van der Waals surface area contributed by atoms with Crippen molar-refractivity contribution in [3.05, 3.63) is 48.0 Å². The van der Waals surface area contributed by atoms with Gasteiger partial charge in [0.15, 0.2) is 22.9 Å². The van der Waals surface area contributed by atoms with E-state index in [1.54, 1.807) is 41.6 Å². The number of likely N-dealkylation sites (tertiary alicyclic amines) is 1. The normalized spacial score (nSPS) is 23.4. The Morgan fingerprint density at radius 3 is 2.81 bits per heavy atom. The highest BCUT2D eigenvalue weighted by Gasteiger charge is 2.53. The van der Waals surface area contributed by atoms with Crippen molar-refractivity contribution < 1.29 is 28.1 Å². The van der Waals surface area contributed by atoms with Crippen molar-refractivity contribution in [3.63, 3.8) is 0 Å². The van der Waals surface area contributed by atoms with Crippen LogP contribution in [-0.4, -0.2) is 66.1 Å². The molecule has 166 valence electrons. The number of alkyl halides is 1. The fraction of sp³-hybridized carbons (Fsp3) is 0.500. The molecular weight excluding hydrogens is 405 g/mol. The minimum Gasteiger partial charge on any atom is -0.493 e. The highest BCUT2D eigenvalue weighted by molar-refractivity contribution is 5.95. The molecule has 2 fully saturated rings. The summed E-state index contributed by atoms with van der Waals surface area (Å²) in [6.45, 7) is 3.70. The van der Waals surface area contributed by atoms with E-state index in [0.717, 1.165) is 0 Å². The van der Waals surface area contributed by atoms with E-state index in [4.69, 9.17) is 18.9 Å². The summed E-state index contributed by atoms with van der Waals surface area (Å²) in [5, 5.41) is 0. The number of ether oxygens (including phenoxy) is 4. The van der Waals surface area contributed by atoms with Gasteiger partial charge in [-0.1, -0.05) is 0 Å². The molecular formula is C22H26FN3O5. The molecule has 2 saturated heterocycles. The van der Waals surface area contributed by atoms with Gasteiger partial charge >= 0.3 is 0 Å². The Kier molecular flexibility index (Phi) is 5.81. The highest BCUT2D eigenvalue weighted by Crippen LogP contribution is 2.41. The maximum absolute atomic E-state index is 13.8. The fourth-order valence-corrected chi connectivity index (χ4v) is 3.85. The van der Waals surface area contributed by atoms with Crippen molar-refractivity contribution in [2.45, 2.75) is 37.6 Å². The molecule has 2 atom stereocenters. The number of hydrogen-bond acceptors (Lipinski definition) is 7. The maximum atomic E-state index is 13.8. The molecule has 9 heteroatoms. The standard InChI is InChI=1S/C22H26FN3O5/c1-21(2,23)13-29-16-6-5-15(11-17(16)28-3)19(27)26-10-7-22(18(12-26)30-14-31-22)20-24-8-4-9-25-20/h4-6,8-9,11,18H,7,10,12-14H2,1-3H3/t18-,22+/m1/s1. The van der Waals surface area contributed by atoms with Crippen molar-refractivity contribution in [2.75, 3.05) is 33.6 Å². The first-order chi connectivity index (χ1) is 14.8. The Morgan fingerprint density at radius 1 is 1.32 bits per heavy atom. The lowest BCUT2D eigenvalue weighted by molar-refractivity contribution is -0.0503. The number of halogens is 1. The first-order valence-electron chi connectivity index (χ1n) is 10.1. The molecule has 0 unspecified atom stereocenters. The third-order valence-electron chi connectivity index (χ3n) is 5.46. The van der Waals surface area contributed by atoms with Crippen LogP contribution in [0.1, 0.15) is 36.5 Å². The molecule has 2 aliphatic heterocycles. The Morgan fingerprint density at radius 2 is 2.10 bits per heavy atom. The molecule has 0 radical (unpaired) electrons. The van der Waals surface area contributed by atoms with E-state index in [9.17, 15) is 9.18 Å². The summed E-state index contributed by atoms with van der Waals surface area (Å²) in [7, 11) is 1.48. The Labute approximate surface area is 180 Å². The number of nitrogens with zero attached hydrogens (tertiary/aromatic N) is 3. The number of carbonyl (C=O) groups is 1. The van der Waals surface area contributed by atoms with Crippen LogP contribution < -0.4 is 9.47 Å². The summed E-state index contributed by atoms with van der Waals surface area (Å²) in [6, 6.07) is 6.63. The lowest BCUT2D eigenvalue weighted by Gasteiger charge is -2.40. The Bertz CT molecular complexity index is 936. The first kappa shape index (κ1) is 21.5.